The van der Waals surface area contributed by atoms with Crippen LogP contribution in [0.3, 0.4) is 0 Å². The van der Waals surface area contributed by atoms with Crippen molar-refractivity contribution in [3.8, 4) is 0 Å². The van der Waals surface area contributed by atoms with Gasteiger partial charge in [0.05, 0.1) is 5.02 Å². The molecule has 1 aromatic heterocycles. The monoisotopic (exact) mass is 284 g/mol. The van der Waals surface area contributed by atoms with E-state index in [1.54, 1.807) is 12.1 Å². The summed E-state index contributed by atoms with van der Waals surface area (Å²) in [7, 11) is 3.93. The average Bonchev–Trinajstić information content (AvgIpc) is 2.30. The van der Waals surface area contributed by atoms with Gasteiger partial charge in [-0.05, 0) is 32.1 Å². The molecule has 0 aliphatic carbocycles. The maximum atomic E-state index is 12.2. The molecule has 0 spiro atoms. The molecule has 0 fully saturated rings. The van der Waals surface area contributed by atoms with Crippen molar-refractivity contribution in [1.29, 1.82) is 0 Å². The third kappa shape index (κ3) is 4.69. The van der Waals surface area contributed by atoms with Crippen LogP contribution in [0.15, 0.2) is 12.1 Å². The SMILES string of the molecule is CC(C)C(CN(C)C)NC(=O)c1nc(N)ccc1Cl. The van der Waals surface area contributed by atoms with E-state index in [0.29, 0.717) is 10.9 Å². The second-order valence-corrected chi connectivity index (χ2v) is 5.56. The number of halogens is 1. The highest BCUT2D eigenvalue weighted by molar-refractivity contribution is 6.33. The molecule has 6 heteroatoms. The van der Waals surface area contributed by atoms with E-state index < -0.39 is 0 Å². The average molecular weight is 285 g/mol. The number of hydrogen-bond acceptors (Lipinski definition) is 4. The normalized spacial score (nSPS) is 12.8. The fraction of sp³-hybridized carbons (Fsp3) is 0.538. The van der Waals surface area contributed by atoms with Crippen molar-refractivity contribution in [1.82, 2.24) is 15.2 Å². The van der Waals surface area contributed by atoms with Crippen LogP contribution in [-0.4, -0.2) is 42.5 Å². The molecule has 19 heavy (non-hydrogen) atoms. The number of nitrogens with two attached hydrogens (primary N) is 1. The maximum Gasteiger partial charge on any atom is 0.271 e. The van der Waals surface area contributed by atoms with Gasteiger partial charge in [0.15, 0.2) is 0 Å². The Morgan fingerprint density at radius 1 is 1.47 bits per heavy atom. The third-order valence-electron chi connectivity index (χ3n) is 2.77. The van der Waals surface area contributed by atoms with Crippen molar-refractivity contribution in [2.45, 2.75) is 19.9 Å². The number of nitrogens with zero attached hydrogens (tertiary/aromatic N) is 2. The first-order valence-corrected chi connectivity index (χ1v) is 6.56. The summed E-state index contributed by atoms with van der Waals surface area (Å²) < 4.78 is 0. The van der Waals surface area contributed by atoms with Gasteiger partial charge in [0, 0.05) is 12.6 Å². The van der Waals surface area contributed by atoms with E-state index >= 15 is 0 Å². The predicted molar refractivity (Wildman–Crippen MR) is 78.3 cm³/mol. The summed E-state index contributed by atoms with van der Waals surface area (Å²) in [5, 5.41) is 3.25. The van der Waals surface area contributed by atoms with Gasteiger partial charge in [-0.2, -0.15) is 0 Å². The second-order valence-electron chi connectivity index (χ2n) is 5.15. The second kappa shape index (κ2) is 6.73. The minimum absolute atomic E-state index is 0.0294. The quantitative estimate of drug-likeness (QED) is 0.862. The van der Waals surface area contributed by atoms with Crippen LogP contribution in [0.2, 0.25) is 5.02 Å². The minimum Gasteiger partial charge on any atom is -0.384 e. The number of hydrogen-bond donors (Lipinski definition) is 2. The van der Waals surface area contributed by atoms with E-state index in [-0.39, 0.29) is 23.5 Å². The molecule has 0 aliphatic heterocycles. The molecule has 0 radical (unpaired) electrons. The lowest BCUT2D eigenvalue weighted by atomic mass is 10.0. The highest BCUT2D eigenvalue weighted by Gasteiger charge is 2.20. The summed E-state index contributed by atoms with van der Waals surface area (Å²) >= 11 is 5.97. The Labute approximate surface area is 119 Å². The molecule has 0 aromatic carbocycles. The van der Waals surface area contributed by atoms with Gasteiger partial charge >= 0.3 is 0 Å². The first-order chi connectivity index (χ1) is 8.81. The largest absolute Gasteiger partial charge is 0.384 e. The van der Waals surface area contributed by atoms with Gasteiger partial charge in [-0.25, -0.2) is 4.98 Å². The summed E-state index contributed by atoms with van der Waals surface area (Å²) in [6.45, 7) is 4.87. The topological polar surface area (TPSA) is 71.2 Å². The lowest BCUT2D eigenvalue weighted by Crippen LogP contribution is -2.45. The van der Waals surface area contributed by atoms with Crippen molar-refractivity contribution in [2.24, 2.45) is 5.92 Å². The number of rotatable bonds is 5. The molecule has 106 valence electrons. The van der Waals surface area contributed by atoms with Crippen molar-refractivity contribution in [3.05, 3.63) is 22.8 Å². The molecule has 1 aromatic rings. The molecule has 1 rings (SSSR count). The molecule has 0 saturated heterocycles. The number of amides is 1. The molecule has 1 heterocycles. The Kier molecular flexibility index (Phi) is 5.57. The molecular weight excluding hydrogens is 264 g/mol. The molecule has 3 N–H and O–H groups in total. The number of aromatic nitrogens is 1. The number of carbonyl (C=O) groups is 1. The minimum atomic E-state index is -0.294. The molecule has 1 amide bonds. The zero-order valence-corrected chi connectivity index (χ0v) is 12.5. The van der Waals surface area contributed by atoms with Crippen LogP contribution in [-0.2, 0) is 0 Å². The van der Waals surface area contributed by atoms with Gasteiger partial charge in [0.2, 0.25) is 0 Å². The van der Waals surface area contributed by atoms with Gasteiger partial charge in [0.1, 0.15) is 11.5 Å². The van der Waals surface area contributed by atoms with Crippen LogP contribution in [0.5, 0.6) is 0 Å². The molecule has 1 unspecified atom stereocenters. The highest BCUT2D eigenvalue weighted by atomic mass is 35.5. The van der Waals surface area contributed by atoms with E-state index in [2.05, 4.69) is 24.1 Å². The fourth-order valence-electron chi connectivity index (χ4n) is 1.67. The summed E-state index contributed by atoms with van der Waals surface area (Å²) in [4.78, 5) is 18.2. The van der Waals surface area contributed by atoms with Crippen LogP contribution in [0.4, 0.5) is 5.82 Å². The number of nitrogen functional groups attached to an aromatic ring is 1. The van der Waals surface area contributed by atoms with Crippen molar-refractivity contribution < 1.29 is 4.79 Å². The van der Waals surface area contributed by atoms with Crippen LogP contribution >= 0.6 is 11.6 Å². The van der Waals surface area contributed by atoms with Crippen LogP contribution in [0.1, 0.15) is 24.3 Å². The molecule has 0 bridgehead atoms. The molecule has 0 saturated carbocycles. The highest BCUT2D eigenvalue weighted by Crippen LogP contribution is 2.15. The first kappa shape index (κ1) is 15.7. The fourth-order valence-corrected chi connectivity index (χ4v) is 1.86. The van der Waals surface area contributed by atoms with Crippen molar-refractivity contribution in [3.63, 3.8) is 0 Å². The smallest absolute Gasteiger partial charge is 0.271 e. The molecule has 5 nitrogen and oxygen atoms in total. The van der Waals surface area contributed by atoms with E-state index in [1.165, 1.54) is 0 Å². The van der Waals surface area contributed by atoms with Gasteiger partial charge in [-0.3, -0.25) is 4.79 Å². The van der Waals surface area contributed by atoms with Crippen LogP contribution < -0.4 is 11.1 Å². The van der Waals surface area contributed by atoms with Gasteiger partial charge in [-0.1, -0.05) is 25.4 Å². The molecule has 0 aliphatic rings. The van der Waals surface area contributed by atoms with E-state index in [4.69, 9.17) is 17.3 Å². The lowest BCUT2D eigenvalue weighted by molar-refractivity contribution is 0.0912. The zero-order chi connectivity index (χ0) is 14.6. The summed E-state index contributed by atoms with van der Waals surface area (Å²) in [6.07, 6.45) is 0. The summed E-state index contributed by atoms with van der Waals surface area (Å²) in [6, 6.07) is 3.18. The Balaban J connectivity index is 2.84. The number of anilines is 1. The number of likely N-dealkylation sites (N-methyl/N-ethyl adjacent to an activating group) is 1. The Bertz CT molecular complexity index is 448. The molecule has 1 atom stereocenters. The summed E-state index contributed by atoms with van der Waals surface area (Å²) in [5.74, 6) is 0.298. The Morgan fingerprint density at radius 3 is 2.63 bits per heavy atom. The van der Waals surface area contributed by atoms with E-state index in [1.807, 2.05) is 19.0 Å². The third-order valence-corrected chi connectivity index (χ3v) is 3.07. The van der Waals surface area contributed by atoms with Gasteiger partial charge in [0.25, 0.3) is 5.91 Å². The van der Waals surface area contributed by atoms with Crippen LogP contribution in [0.25, 0.3) is 0 Å². The van der Waals surface area contributed by atoms with Gasteiger partial charge in [-0.15, -0.1) is 0 Å². The van der Waals surface area contributed by atoms with Crippen molar-refractivity contribution >= 4 is 23.3 Å². The van der Waals surface area contributed by atoms with Crippen molar-refractivity contribution in [2.75, 3.05) is 26.4 Å². The van der Waals surface area contributed by atoms with Crippen LogP contribution in [0, 0.1) is 5.92 Å². The Morgan fingerprint density at radius 2 is 2.11 bits per heavy atom. The van der Waals surface area contributed by atoms with E-state index in [9.17, 15) is 4.79 Å². The van der Waals surface area contributed by atoms with E-state index in [0.717, 1.165) is 6.54 Å². The number of nitrogens with one attached hydrogen (secondary N) is 1. The summed E-state index contributed by atoms with van der Waals surface area (Å²) in [5.41, 5.74) is 5.75. The Hall–Kier alpha value is -1.33. The molecular formula is C13H21ClN4O. The lowest BCUT2D eigenvalue weighted by Gasteiger charge is -2.25. The predicted octanol–water partition coefficient (Wildman–Crippen LogP) is 1.63. The number of carbonyl (C=O) groups excluding carboxylic acids is 1. The zero-order valence-electron chi connectivity index (χ0n) is 11.8. The number of pyridine rings is 1. The maximum absolute atomic E-state index is 12.2. The van der Waals surface area contributed by atoms with Gasteiger partial charge < -0.3 is 16.0 Å². The first-order valence-electron chi connectivity index (χ1n) is 6.19. The standard InChI is InChI=1S/C13H21ClN4O/c1-8(2)10(7-18(3)4)16-13(19)12-9(14)5-6-11(15)17-12/h5-6,8,10H,7H2,1-4H3,(H2,15,17)(H,16,19).